The van der Waals surface area contributed by atoms with Crippen LogP contribution in [0, 0.1) is 0 Å². The van der Waals surface area contributed by atoms with Crippen molar-refractivity contribution < 1.29 is 9.53 Å². The number of rotatable bonds is 5. The molecule has 0 unspecified atom stereocenters. The number of aromatic nitrogens is 2. The standard InChI is InChI=1S/C13H16N6O2/c1-15-11-10(14)12(17-7-16-11)18-19-13(20)8-5-3-4-6-9(8)21-2/h3-7H,14H2,1-2H3,(H,19,20)(H2,15,16,17,18). The predicted molar refractivity (Wildman–Crippen MR) is 80.1 cm³/mol. The first-order chi connectivity index (χ1) is 10.2. The molecule has 0 saturated carbocycles. The van der Waals surface area contributed by atoms with Gasteiger partial charge >= 0.3 is 0 Å². The molecule has 1 aromatic carbocycles. The predicted octanol–water partition coefficient (Wildman–Crippen LogP) is 0.866. The van der Waals surface area contributed by atoms with Gasteiger partial charge in [0.1, 0.15) is 17.8 Å². The molecule has 0 aliphatic carbocycles. The largest absolute Gasteiger partial charge is 0.496 e. The van der Waals surface area contributed by atoms with Crippen LogP contribution in [-0.4, -0.2) is 30.0 Å². The summed E-state index contributed by atoms with van der Waals surface area (Å²) in [6.45, 7) is 0. The van der Waals surface area contributed by atoms with E-state index >= 15 is 0 Å². The average molecular weight is 288 g/mol. The topological polar surface area (TPSA) is 114 Å². The van der Waals surface area contributed by atoms with Gasteiger partial charge in [0.25, 0.3) is 5.91 Å². The van der Waals surface area contributed by atoms with Crippen molar-refractivity contribution in [1.82, 2.24) is 15.4 Å². The average Bonchev–Trinajstić information content (AvgIpc) is 2.53. The van der Waals surface area contributed by atoms with E-state index < -0.39 is 0 Å². The van der Waals surface area contributed by atoms with E-state index in [1.54, 1.807) is 31.3 Å². The summed E-state index contributed by atoms with van der Waals surface area (Å²) in [4.78, 5) is 20.0. The minimum absolute atomic E-state index is 0.303. The summed E-state index contributed by atoms with van der Waals surface area (Å²) in [5.74, 6) is 0.886. The summed E-state index contributed by atoms with van der Waals surface area (Å²) in [5, 5.41) is 2.82. The molecule has 1 amide bonds. The van der Waals surface area contributed by atoms with Gasteiger partial charge in [-0.1, -0.05) is 12.1 Å². The molecule has 110 valence electrons. The smallest absolute Gasteiger partial charge is 0.273 e. The van der Waals surface area contributed by atoms with E-state index in [4.69, 9.17) is 10.5 Å². The number of anilines is 3. The van der Waals surface area contributed by atoms with Crippen molar-refractivity contribution in [3.05, 3.63) is 36.2 Å². The number of carbonyl (C=O) groups excluding carboxylic acids is 1. The number of carbonyl (C=O) groups is 1. The van der Waals surface area contributed by atoms with Gasteiger partial charge in [-0.05, 0) is 12.1 Å². The van der Waals surface area contributed by atoms with E-state index in [0.717, 1.165) is 0 Å². The molecular formula is C13H16N6O2. The van der Waals surface area contributed by atoms with Gasteiger partial charge in [-0.3, -0.25) is 15.6 Å². The number of hydrogen-bond donors (Lipinski definition) is 4. The van der Waals surface area contributed by atoms with Crippen molar-refractivity contribution in [1.29, 1.82) is 0 Å². The Kier molecular flexibility index (Phi) is 4.39. The quantitative estimate of drug-likeness (QED) is 0.603. The Bertz CT molecular complexity index is 646. The van der Waals surface area contributed by atoms with Gasteiger partial charge in [0.15, 0.2) is 11.6 Å². The van der Waals surface area contributed by atoms with Crippen LogP contribution in [-0.2, 0) is 0 Å². The second-order valence-corrected chi connectivity index (χ2v) is 4.01. The molecule has 2 aromatic rings. The molecule has 2 rings (SSSR count). The number of amides is 1. The highest BCUT2D eigenvalue weighted by atomic mass is 16.5. The van der Waals surface area contributed by atoms with Crippen molar-refractivity contribution in [2.75, 3.05) is 30.6 Å². The zero-order valence-corrected chi connectivity index (χ0v) is 11.7. The molecule has 1 aromatic heterocycles. The van der Waals surface area contributed by atoms with Gasteiger partial charge in [-0.15, -0.1) is 0 Å². The summed E-state index contributed by atoms with van der Waals surface area (Å²) >= 11 is 0. The van der Waals surface area contributed by atoms with Gasteiger partial charge in [0.05, 0.1) is 12.7 Å². The first kappa shape index (κ1) is 14.4. The van der Waals surface area contributed by atoms with Crippen molar-refractivity contribution >= 4 is 23.2 Å². The highest BCUT2D eigenvalue weighted by molar-refractivity contribution is 5.97. The summed E-state index contributed by atoms with van der Waals surface area (Å²) < 4.78 is 5.13. The highest BCUT2D eigenvalue weighted by Crippen LogP contribution is 2.21. The molecule has 8 nitrogen and oxygen atoms in total. The molecule has 0 atom stereocenters. The van der Waals surface area contributed by atoms with Crippen LogP contribution in [0.4, 0.5) is 17.3 Å². The lowest BCUT2D eigenvalue weighted by Gasteiger charge is -2.12. The number of nitrogen functional groups attached to an aromatic ring is 1. The fourth-order valence-corrected chi connectivity index (χ4v) is 1.71. The second kappa shape index (κ2) is 6.42. The molecule has 0 aliphatic rings. The summed E-state index contributed by atoms with van der Waals surface area (Å²) in [7, 11) is 3.19. The first-order valence-electron chi connectivity index (χ1n) is 6.15. The normalized spacial score (nSPS) is 9.81. The Balaban J connectivity index is 2.11. The molecule has 0 aliphatic heterocycles. The van der Waals surface area contributed by atoms with Crippen molar-refractivity contribution in [3.63, 3.8) is 0 Å². The molecule has 21 heavy (non-hydrogen) atoms. The third kappa shape index (κ3) is 3.11. The molecule has 0 bridgehead atoms. The number of hydrogen-bond acceptors (Lipinski definition) is 7. The highest BCUT2D eigenvalue weighted by Gasteiger charge is 2.12. The molecule has 8 heteroatoms. The maximum atomic E-state index is 12.1. The SMILES string of the molecule is CNc1ncnc(NNC(=O)c2ccccc2OC)c1N. The Hall–Kier alpha value is -3.03. The van der Waals surface area contributed by atoms with Gasteiger partial charge in [0.2, 0.25) is 0 Å². The van der Waals surface area contributed by atoms with Crippen LogP contribution in [0.15, 0.2) is 30.6 Å². The fraction of sp³-hybridized carbons (Fsp3) is 0.154. The maximum absolute atomic E-state index is 12.1. The van der Waals surface area contributed by atoms with E-state index in [1.807, 2.05) is 0 Å². The van der Waals surface area contributed by atoms with Gasteiger partial charge in [-0.25, -0.2) is 9.97 Å². The van der Waals surface area contributed by atoms with E-state index in [0.29, 0.717) is 28.6 Å². The lowest BCUT2D eigenvalue weighted by Crippen LogP contribution is -2.30. The first-order valence-corrected chi connectivity index (χ1v) is 6.15. The van der Waals surface area contributed by atoms with Crippen LogP contribution in [0.3, 0.4) is 0 Å². The Morgan fingerprint density at radius 3 is 2.67 bits per heavy atom. The number of ether oxygens (including phenoxy) is 1. The van der Waals surface area contributed by atoms with Gasteiger partial charge < -0.3 is 15.8 Å². The lowest BCUT2D eigenvalue weighted by atomic mass is 10.2. The number of nitrogens with one attached hydrogen (secondary N) is 3. The van der Waals surface area contributed by atoms with Gasteiger partial charge in [0, 0.05) is 7.05 Å². The minimum Gasteiger partial charge on any atom is -0.496 e. The summed E-state index contributed by atoms with van der Waals surface area (Å²) in [6, 6.07) is 6.88. The zero-order valence-electron chi connectivity index (χ0n) is 11.7. The summed E-state index contributed by atoms with van der Waals surface area (Å²) in [6.07, 6.45) is 1.33. The molecule has 0 spiro atoms. The number of nitrogens with two attached hydrogens (primary N) is 1. The Morgan fingerprint density at radius 2 is 1.95 bits per heavy atom. The van der Waals surface area contributed by atoms with Crippen LogP contribution in [0.5, 0.6) is 5.75 Å². The van der Waals surface area contributed by atoms with E-state index in [9.17, 15) is 4.79 Å². The molecule has 0 radical (unpaired) electrons. The zero-order chi connectivity index (χ0) is 15.2. The molecule has 1 heterocycles. The number of methoxy groups -OCH3 is 1. The third-order valence-electron chi connectivity index (χ3n) is 2.77. The fourth-order valence-electron chi connectivity index (χ4n) is 1.71. The molecule has 5 N–H and O–H groups in total. The Labute approximate surface area is 121 Å². The van der Waals surface area contributed by atoms with Crippen LogP contribution < -0.4 is 26.6 Å². The minimum atomic E-state index is -0.364. The number of benzene rings is 1. The van der Waals surface area contributed by atoms with E-state index in [1.165, 1.54) is 13.4 Å². The van der Waals surface area contributed by atoms with E-state index in [-0.39, 0.29) is 5.91 Å². The molecule has 0 fully saturated rings. The van der Waals surface area contributed by atoms with Crippen molar-refractivity contribution in [2.24, 2.45) is 0 Å². The van der Waals surface area contributed by atoms with Crippen molar-refractivity contribution in [3.8, 4) is 5.75 Å². The lowest BCUT2D eigenvalue weighted by molar-refractivity contribution is 0.0959. The monoisotopic (exact) mass is 288 g/mol. The Morgan fingerprint density at radius 1 is 1.24 bits per heavy atom. The maximum Gasteiger partial charge on any atom is 0.273 e. The van der Waals surface area contributed by atoms with E-state index in [2.05, 4.69) is 26.1 Å². The molecular weight excluding hydrogens is 272 g/mol. The van der Waals surface area contributed by atoms with Crippen molar-refractivity contribution in [2.45, 2.75) is 0 Å². The summed E-state index contributed by atoms with van der Waals surface area (Å²) in [5.41, 5.74) is 11.7. The number of nitrogens with zero attached hydrogens (tertiary/aromatic N) is 2. The second-order valence-electron chi connectivity index (χ2n) is 4.01. The third-order valence-corrected chi connectivity index (χ3v) is 2.77. The number of hydrazine groups is 1. The van der Waals surface area contributed by atoms with Crippen LogP contribution in [0.25, 0.3) is 0 Å². The van der Waals surface area contributed by atoms with Crippen LogP contribution >= 0.6 is 0 Å². The molecule has 0 saturated heterocycles. The van der Waals surface area contributed by atoms with Gasteiger partial charge in [-0.2, -0.15) is 0 Å². The van der Waals surface area contributed by atoms with Crippen LogP contribution in [0.2, 0.25) is 0 Å². The number of para-hydroxylation sites is 1. The van der Waals surface area contributed by atoms with Crippen LogP contribution in [0.1, 0.15) is 10.4 Å².